The predicted octanol–water partition coefficient (Wildman–Crippen LogP) is 1.21. The number of hydrogen-bond donors (Lipinski definition) is 0. The molecule has 3 aromatic rings. The Balaban J connectivity index is 1.33. The fourth-order valence-electron chi connectivity index (χ4n) is 4.38. The summed E-state index contributed by atoms with van der Waals surface area (Å²) in [6, 6.07) is 18.0. The zero-order chi connectivity index (χ0) is 22.9. The van der Waals surface area contributed by atoms with Crippen molar-refractivity contribution in [3.8, 4) is 0 Å². The first-order valence-electron chi connectivity index (χ1n) is 11.2. The van der Waals surface area contributed by atoms with Crippen molar-refractivity contribution in [2.24, 2.45) is 0 Å². The minimum atomic E-state index is -0.763. The van der Waals surface area contributed by atoms with Gasteiger partial charge in [0.2, 0.25) is 11.9 Å². The van der Waals surface area contributed by atoms with Gasteiger partial charge in [0, 0.05) is 50.6 Å². The molecule has 0 spiro atoms. The number of carbonyl (C=O) groups excluding carboxylic acids is 1. The van der Waals surface area contributed by atoms with E-state index in [0.29, 0.717) is 45.2 Å². The maximum absolute atomic E-state index is 12.9. The van der Waals surface area contributed by atoms with Crippen molar-refractivity contribution in [2.45, 2.75) is 20.0 Å². The summed E-state index contributed by atoms with van der Waals surface area (Å²) < 4.78 is 2.41. The maximum atomic E-state index is 12.9. The average Bonchev–Trinajstić information content (AvgIpc) is 3.27. The van der Waals surface area contributed by atoms with E-state index in [-0.39, 0.29) is 12.5 Å². The minimum absolute atomic E-state index is 0.207. The Morgan fingerprint density at radius 1 is 0.818 bits per heavy atom. The first kappa shape index (κ1) is 21.0. The molecule has 170 valence electrons. The molecule has 0 N–H and O–H groups in total. The van der Waals surface area contributed by atoms with Gasteiger partial charge in [-0.15, -0.1) is 5.10 Å². The lowest BCUT2D eigenvalue weighted by molar-refractivity contribution is -0.132. The van der Waals surface area contributed by atoms with Gasteiger partial charge < -0.3 is 14.7 Å². The molecule has 0 saturated carbocycles. The van der Waals surface area contributed by atoms with Crippen molar-refractivity contribution in [1.29, 1.82) is 0 Å². The zero-order valence-electron chi connectivity index (χ0n) is 18.6. The van der Waals surface area contributed by atoms with Crippen LogP contribution in [-0.4, -0.2) is 57.9 Å². The number of anilines is 3. The number of rotatable bonds is 4. The maximum Gasteiger partial charge on any atom is 0.333 e. The molecule has 3 heterocycles. The van der Waals surface area contributed by atoms with Crippen LogP contribution in [0.5, 0.6) is 0 Å². The van der Waals surface area contributed by atoms with Crippen molar-refractivity contribution in [3.63, 3.8) is 0 Å². The van der Waals surface area contributed by atoms with Crippen LogP contribution in [0.15, 0.2) is 64.2 Å². The summed E-state index contributed by atoms with van der Waals surface area (Å²) in [4.78, 5) is 44.2. The second kappa shape index (κ2) is 8.57. The Bertz CT molecular complexity index is 1270. The lowest BCUT2D eigenvalue weighted by Gasteiger charge is -2.36. The van der Waals surface area contributed by atoms with E-state index in [2.05, 4.69) is 22.1 Å². The summed E-state index contributed by atoms with van der Waals surface area (Å²) in [5.74, 6) is 0.187. The summed E-state index contributed by atoms with van der Waals surface area (Å²) in [5, 5.41) is 4.43. The van der Waals surface area contributed by atoms with Gasteiger partial charge in [-0.3, -0.25) is 19.0 Å². The van der Waals surface area contributed by atoms with E-state index >= 15 is 0 Å². The Kier molecular flexibility index (Phi) is 5.45. The van der Waals surface area contributed by atoms with Gasteiger partial charge in [0.05, 0.1) is 0 Å². The number of para-hydroxylation sites is 1. The molecule has 0 unspecified atom stereocenters. The molecule has 1 amide bonds. The molecule has 1 fully saturated rings. The van der Waals surface area contributed by atoms with Crippen LogP contribution in [0.2, 0.25) is 0 Å². The van der Waals surface area contributed by atoms with Crippen LogP contribution in [0.25, 0.3) is 0 Å². The quantitative estimate of drug-likeness (QED) is 0.561. The van der Waals surface area contributed by atoms with Gasteiger partial charge in [-0.2, -0.15) is 0 Å². The highest BCUT2D eigenvalue weighted by Crippen LogP contribution is 2.26. The Hall–Kier alpha value is -3.88. The fraction of sp³-hybridized carbons (Fsp3) is 0.333. The van der Waals surface area contributed by atoms with Gasteiger partial charge in [-0.05, 0) is 31.2 Å². The zero-order valence-corrected chi connectivity index (χ0v) is 18.6. The van der Waals surface area contributed by atoms with Crippen molar-refractivity contribution in [1.82, 2.24) is 19.2 Å². The summed E-state index contributed by atoms with van der Waals surface area (Å²) in [7, 11) is 0. The Morgan fingerprint density at radius 2 is 1.52 bits per heavy atom. The van der Waals surface area contributed by atoms with Crippen LogP contribution in [-0.2, 0) is 17.9 Å². The van der Waals surface area contributed by atoms with E-state index in [9.17, 15) is 14.4 Å². The number of aryl methyl sites for hydroxylation is 1. The van der Waals surface area contributed by atoms with Gasteiger partial charge >= 0.3 is 11.1 Å². The molecule has 2 aromatic carbocycles. The molecule has 1 saturated heterocycles. The molecule has 1 aromatic heterocycles. The number of fused-ring (bicyclic) bond motifs is 1. The van der Waals surface area contributed by atoms with Gasteiger partial charge in [0.15, 0.2) is 0 Å². The van der Waals surface area contributed by atoms with E-state index in [1.807, 2.05) is 54.3 Å². The molecule has 0 aliphatic carbocycles. The van der Waals surface area contributed by atoms with E-state index in [4.69, 9.17) is 0 Å². The van der Waals surface area contributed by atoms with E-state index < -0.39 is 11.1 Å². The summed E-state index contributed by atoms with van der Waals surface area (Å²) in [6.45, 7) is 5.25. The molecular weight excluding hydrogens is 420 g/mol. The lowest BCUT2D eigenvalue weighted by Crippen LogP contribution is -2.51. The first-order chi connectivity index (χ1) is 16.0. The second-order valence-electron chi connectivity index (χ2n) is 8.41. The summed E-state index contributed by atoms with van der Waals surface area (Å²) in [6.07, 6.45) is 0. The van der Waals surface area contributed by atoms with E-state index in [0.717, 1.165) is 21.6 Å². The summed E-state index contributed by atoms with van der Waals surface area (Å²) in [5.41, 5.74) is 1.75. The average molecular weight is 447 g/mol. The number of nitrogens with zero attached hydrogens (tertiary/aromatic N) is 6. The van der Waals surface area contributed by atoms with E-state index in [1.54, 1.807) is 4.90 Å². The minimum Gasteiger partial charge on any atom is -0.368 e. The van der Waals surface area contributed by atoms with Crippen LogP contribution < -0.4 is 20.9 Å². The van der Waals surface area contributed by atoms with Crippen LogP contribution in [0.3, 0.4) is 0 Å². The van der Waals surface area contributed by atoms with Crippen molar-refractivity contribution in [3.05, 3.63) is 80.9 Å². The largest absolute Gasteiger partial charge is 0.368 e. The van der Waals surface area contributed by atoms with Crippen LogP contribution in [0.1, 0.15) is 5.56 Å². The molecule has 0 radical (unpaired) electrons. The molecule has 5 rings (SSSR count). The molecule has 33 heavy (non-hydrogen) atoms. The number of carbonyl (C=O) groups is 1. The topological polar surface area (TPSA) is 83.7 Å². The third-order valence-electron chi connectivity index (χ3n) is 6.29. The van der Waals surface area contributed by atoms with Crippen molar-refractivity contribution in [2.75, 3.05) is 42.5 Å². The number of piperazine rings is 1. The fourth-order valence-corrected chi connectivity index (χ4v) is 4.38. The van der Waals surface area contributed by atoms with Crippen molar-refractivity contribution < 1.29 is 4.79 Å². The molecule has 2 aliphatic heterocycles. The smallest absolute Gasteiger partial charge is 0.333 e. The Labute approximate surface area is 191 Å². The highest BCUT2D eigenvalue weighted by atomic mass is 16.2. The molecular formula is C24H26N6O3. The molecule has 0 bridgehead atoms. The highest BCUT2D eigenvalue weighted by Gasteiger charge is 2.28. The van der Waals surface area contributed by atoms with Gasteiger partial charge in [-0.25, -0.2) is 4.68 Å². The van der Waals surface area contributed by atoms with Gasteiger partial charge in [0.1, 0.15) is 6.54 Å². The number of hydrogen-bond acceptors (Lipinski definition) is 6. The molecule has 9 nitrogen and oxygen atoms in total. The number of aromatic nitrogens is 3. The monoisotopic (exact) mass is 446 g/mol. The standard InChI is InChI=1S/C24H26N6O3/c1-18-7-9-20(10-8-18)28-15-16-29-22(32)23(33)30(25-24(28)29)17-21(31)27-13-11-26(12-14-27)19-5-3-2-4-6-19/h2-10H,11-17H2,1H3. The SMILES string of the molecule is Cc1ccc(N2CCn3c2nn(CC(=O)N2CCN(c4ccccc4)CC2)c(=O)c3=O)cc1. The lowest BCUT2D eigenvalue weighted by atomic mass is 10.2. The van der Waals surface area contributed by atoms with E-state index in [1.165, 1.54) is 4.57 Å². The first-order valence-corrected chi connectivity index (χ1v) is 11.2. The van der Waals surface area contributed by atoms with Crippen molar-refractivity contribution >= 4 is 23.2 Å². The van der Waals surface area contributed by atoms with Crippen LogP contribution >= 0.6 is 0 Å². The van der Waals surface area contributed by atoms with Gasteiger partial charge in [-0.1, -0.05) is 35.9 Å². The molecule has 9 heteroatoms. The third-order valence-corrected chi connectivity index (χ3v) is 6.29. The second-order valence-corrected chi connectivity index (χ2v) is 8.41. The molecule has 0 atom stereocenters. The van der Waals surface area contributed by atoms with Crippen LogP contribution in [0, 0.1) is 6.92 Å². The molecule has 2 aliphatic rings. The Morgan fingerprint density at radius 3 is 2.21 bits per heavy atom. The van der Waals surface area contributed by atoms with Crippen LogP contribution in [0.4, 0.5) is 17.3 Å². The predicted molar refractivity (Wildman–Crippen MR) is 126 cm³/mol. The normalized spacial score (nSPS) is 15.6. The van der Waals surface area contributed by atoms with Gasteiger partial charge in [0.25, 0.3) is 0 Å². The highest BCUT2D eigenvalue weighted by molar-refractivity contribution is 5.76. The summed E-state index contributed by atoms with van der Waals surface area (Å²) >= 11 is 0. The third kappa shape index (κ3) is 4.02. The number of amides is 1. The number of benzene rings is 2.